The summed E-state index contributed by atoms with van der Waals surface area (Å²) in [5.41, 5.74) is -1.58. The van der Waals surface area contributed by atoms with Gasteiger partial charge in [0, 0.05) is 17.7 Å². The second-order valence-electron chi connectivity index (χ2n) is 11.9. The summed E-state index contributed by atoms with van der Waals surface area (Å²) in [4.78, 5) is 0. The summed E-state index contributed by atoms with van der Waals surface area (Å²) in [6.07, 6.45) is 7.87. The topological polar surface area (TPSA) is 18.5 Å². The first-order valence-electron chi connectivity index (χ1n) is 15.2. The molecule has 0 atom stereocenters. The fourth-order valence-electron chi connectivity index (χ4n) is 6.75. The van der Waals surface area contributed by atoms with Crippen LogP contribution in [0, 0.1) is 46.7 Å². The van der Waals surface area contributed by atoms with Crippen LogP contribution in [0.5, 0.6) is 5.75 Å². The Morgan fingerprint density at radius 1 is 0.711 bits per heavy atom. The lowest BCUT2D eigenvalue weighted by Crippen LogP contribution is -2.28. The lowest BCUT2D eigenvalue weighted by molar-refractivity contribution is -0.189. The molecule has 0 N–H and O–H groups in total. The average molecular weight is 639 g/mol. The van der Waals surface area contributed by atoms with Crippen LogP contribution in [0.25, 0.3) is 11.1 Å². The van der Waals surface area contributed by atoms with Crippen LogP contribution in [-0.2, 0) is 10.8 Å². The predicted octanol–water partition coefficient (Wildman–Crippen LogP) is 10.7. The van der Waals surface area contributed by atoms with E-state index in [1.807, 2.05) is 19.1 Å². The molecule has 2 aliphatic carbocycles. The summed E-state index contributed by atoms with van der Waals surface area (Å²) in [6.45, 7) is 2.62. The number of hydrogen-bond donors (Lipinski definition) is 0. The number of ether oxygens (including phenoxy) is 2. The fourth-order valence-corrected chi connectivity index (χ4v) is 6.75. The highest BCUT2D eigenvalue weighted by atomic mass is 19.3. The van der Waals surface area contributed by atoms with Gasteiger partial charge in [-0.05, 0) is 105 Å². The van der Waals surface area contributed by atoms with Crippen molar-refractivity contribution in [3.63, 3.8) is 0 Å². The molecule has 3 aromatic carbocycles. The van der Waals surface area contributed by atoms with E-state index >= 15 is 4.39 Å². The Hall–Kier alpha value is -3.40. The highest BCUT2D eigenvalue weighted by molar-refractivity contribution is 5.65. The molecule has 0 radical (unpaired) electrons. The highest BCUT2D eigenvalue weighted by Gasteiger charge is 2.42. The van der Waals surface area contributed by atoms with Crippen LogP contribution >= 0.6 is 0 Å². The van der Waals surface area contributed by atoms with Gasteiger partial charge in [-0.2, -0.15) is 8.78 Å². The van der Waals surface area contributed by atoms with E-state index in [2.05, 4.69) is 4.74 Å². The molecule has 0 aromatic heterocycles. The molecular formula is C35H34F8O2. The lowest BCUT2D eigenvalue weighted by atomic mass is 9.69. The third-order valence-corrected chi connectivity index (χ3v) is 9.13. The van der Waals surface area contributed by atoms with Gasteiger partial charge < -0.3 is 9.47 Å². The third-order valence-electron chi connectivity index (χ3n) is 9.13. The summed E-state index contributed by atoms with van der Waals surface area (Å²) in [7, 11) is 0. The van der Waals surface area contributed by atoms with Crippen LogP contribution in [0.3, 0.4) is 0 Å². The molecule has 45 heavy (non-hydrogen) atoms. The van der Waals surface area contributed by atoms with Crippen molar-refractivity contribution < 1.29 is 44.6 Å². The fraction of sp³-hybridized carbons (Fsp3) is 0.429. The van der Waals surface area contributed by atoms with Crippen LogP contribution in [0.4, 0.5) is 35.1 Å². The molecule has 0 amide bonds. The first-order valence-corrected chi connectivity index (χ1v) is 15.2. The van der Waals surface area contributed by atoms with Crippen LogP contribution in [-0.4, -0.2) is 12.7 Å². The second-order valence-corrected chi connectivity index (χ2v) is 11.9. The number of hydrogen-bond acceptors (Lipinski definition) is 2. The molecule has 2 saturated carbocycles. The molecule has 242 valence electrons. The van der Waals surface area contributed by atoms with Crippen molar-refractivity contribution in [3.05, 3.63) is 101 Å². The Balaban J connectivity index is 1.23. The van der Waals surface area contributed by atoms with Gasteiger partial charge in [-0.1, -0.05) is 24.3 Å². The maximum atomic E-state index is 15.3. The SMILES string of the molecule is C/C=C/COC1CCC(C2CCC(c3ccc(-c4cc(F)c(C(F)(F)Oc5cc(F)c(F)c(F)c5)c(F)c4)c(F)c3)CC2)CC1. The van der Waals surface area contributed by atoms with Crippen molar-refractivity contribution in [1.82, 2.24) is 0 Å². The Bertz CT molecular complexity index is 1480. The normalized spacial score (nSPS) is 22.6. The maximum absolute atomic E-state index is 15.3. The predicted molar refractivity (Wildman–Crippen MR) is 154 cm³/mol. The van der Waals surface area contributed by atoms with Crippen LogP contribution < -0.4 is 4.74 Å². The summed E-state index contributed by atoms with van der Waals surface area (Å²) >= 11 is 0. The zero-order chi connectivity index (χ0) is 32.3. The molecular weight excluding hydrogens is 604 g/mol. The Labute approximate surface area is 257 Å². The zero-order valence-corrected chi connectivity index (χ0v) is 24.7. The first-order chi connectivity index (χ1) is 21.5. The third kappa shape index (κ3) is 7.54. The molecule has 5 rings (SSSR count). The molecule has 2 nitrogen and oxygen atoms in total. The highest BCUT2D eigenvalue weighted by Crippen LogP contribution is 2.44. The van der Waals surface area contributed by atoms with Crippen molar-refractivity contribution in [3.8, 4) is 16.9 Å². The van der Waals surface area contributed by atoms with Crippen LogP contribution in [0.2, 0.25) is 0 Å². The summed E-state index contributed by atoms with van der Waals surface area (Å²) in [5, 5.41) is 0. The number of rotatable bonds is 9. The van der Waals surface area contributed by atoms with Crippen molar-refractivity contribution in [2.24, 2.45) is 11.8 Å². The van der Waals surface area contributed by atoms with Crippen molar-refractivity contribution in [2.45, 2.75) is 76.4 Å². The van der Waals surface area contributed by atoms with Gasteiger partial charge in [-0.15, -0.1) is 0 Å². The van der Waals surface area contributed by atoms with E-state index < -0.39 is 52.3 Å². The van der Waals surface area contributed by atoms with Crippen LogP contribution in [0.1, 0.15) is 75.3 Å². The zero-order valence-electron chi connectivity index (χ0n) is 24.7. The standard InChI is InChI=1S/C35H34F8O2/c1-2-3-14-44-25-11-8-21(9-12-25)20-4-6-22(7-5-20)23-10-13-27(28(36)15-23)24-16-29(37)33(30(38)17-24)35(42,43)45-26-18-31(39)34(41)32(40)19-26/h2-3,10,13,15-22,25H,4-9,11-12,14H2,1H3/b3-2+. The maximum Gasteiger partial charge on any atom is 0.432 e. The Morgan fingerprint density at radius 2 is 1.29 bits per heavy atom. The minimum absolute atomic E-state index is 0.119. The Morgan fingerprint density at radius 3 is 1.84 bits per heavy atom. The molecule has 10 heteroatoms. The van der Waals surface area contributed by atoms with Gasteiger partial charge in [0.2, 0.25) is 0 Å². The first kappa shape index (κ1) is 33.0. The molecule has 3 aromatic rings. The van der Waals surface area contributed by atoms with Crippen LogP contribution in [0.15, 0.2) is 54.6 Å². The number of allylic oxidation sites excluding steroid dienone is 1. The van der Waals surface area contributed by atoms with Gasteiger partial charge in [0.1, 0.15) is 28.8 Å². The van der Waals surface area contributed by atoms with Crippen molar-refractivity contribution in [1.29, 1.82) is 0 Å². The number of benzene rings is 3. The largest absolute Gasteiger partial charge is 0.432 e. The molecule has 0 unspecified atom stereocenters. The summed E-state index contributed by atoms with van der Waals surface area (Å²) in [6, 6.07) is 5.69. The van der Waals surface area contributed by atoms with Crippen molar-refractivity contribution in [2.75, 3.05) is 6.61 Å². The smallest absolute Gasteiger partial charge is 0.429 e. The lowest BCUT2D eigenvalue weighted by Gasteiger charge is -2.38. The van der Waals surface area contributed by atoms with Gasteiger partial charge in [0.25, 0.3) is 0 Å². The summed E-state index contributed by atoms with van der Waals surface area (Å²) in [5.74, 6) is -9.63. The van der Waals surface area contributed by atoms with Gasteiger partial charge in [-0.25, -0.2) is 26.3 Å². The molecule has 0 bridgehead atoms. The monoisotopic (exact) mass is 638 g/mol. The van der Waals surface area contributed by atoms with Crippen molar-refractivity contribution >= 4 is 0 Å². The minimum Gasteiger partial charge on any atom is -0.429 e. The summed E-state index contributed by atoms with van der Waals surface area (Å²) < 4.78 is 124. The van der Waals surface area contributed by atoms with Gasteiger partial charge in [0.15, 0.2) is 17.5 Å². The molecule has 0 aliphatic heterocycles. The molecule has 0 heterocycles. The van der Waals surface area contributed by atoms with E-state index in [0.717, 1.165) is 56.9 Å². The van der Waals surface area contributed by atoms with E-state index in [9.17, 15) is 30.7 Å². The van der Waals surface area contributed by atoms with Gasteiger partial charge in [-0.3, -0.25) is 0 Å². The molecule has 2 fully saturated rings. The quantitative estimate of drug-likeness (QED) is 0.132. The molecule has 2 aliphatic rings. The number of alkyl halides is 2. The minimum atomic E-state index is -4.73. The van der Waals surface area contributed by atoms with E-state index in [0.29, 0.717) is 36.7 Å². The van der Waals surface area contributed by atoms with E-state index in [1.165, 1.54) is 12.1 Å². The number of halogens is 8. The van der Waals surface area contributed by atoms with E-state index in [4.69, 9.17) is 4.74 Å². The Kier molecular flexibility index (Phi) is 10.2. The molecule has 0 spiro atoms. The van der Waals surface area contributed by atoms with E-state index in [-0.39, 0.29) is 29.2 Å². The average Bonchev–Trinajstić information content (AvgIpc) is 2.99. The van der Waals surface area contributed by atoms with E-state index in [1.54, 1.807) is 6.07 Å². The second kappa shape index (κ2) is 13.9. The van der Waals surface area contributed by atoms with Gasteiger partial charge >= 0.3 is 6.11 Å². The molecule has 0 saturated heterocycles. The van der Waals surface area contributed by atoms with Gasteiger partial charge in [0.05, 0.1) is 12.7 Å².